The van der Waals surface area contributed by atoms with Crippen molar-refractivity contribution in [3.8, 4) is 0 Å². The van der Waals surface area contributed by atoms with Crippen molar-refractivity contribution < 1.29 is 19.4 Å². The molecule has 0 fully saturated rings. The molecule has 1 amide bonds. The Balaban J connectivity index is 2.16. The molecule has 0 aromatic heterocycles. The molecule has 0 aliphatic carbocycles. The third kappa shape index (κ3) is 6.75. The first kappa shape index (κ1) is 16.8. The van der Waals surface area contributed by atoms with Crippen molar-refractivity contribution in [3.63, 3.8) is 0 Å². The highest BCUT2D eigenvalue weighted by Crippen LogP contribution is 2.21. The smallest absolute Gasteiger partial charge is 0.303 e. The number of aliphatic carboxylic acids is 1. The number of carboxylic acids is 1. The predicted molar refractivity (Wildman–Crippen MR) is 76.0 cm³/mol. The van der Waals surface area contributed by atoms with Crippen molar-refractivity contribution >= 4 is 35.1 Å². The zero-order valence-electron chi connectivity index (χ0n) is 10.7. The molecular weight excluding hydrogens is 305 g/mol. The summed E-state index contributed by atoms with van der Waals surface area (Å²) in [5, 5.41) is 12.1. The van der Waals surface area contributed by atoms with E-state index in [9.17, 15) is 9.59 Å². The van der Waals surface area contributed by atoms with Gasteiger partial charge in [-0.2, -0.15) is 0 Å². The minimum Gasteiger partial charge on any atom is -0.481 e. The molecule has 1 rings (SSSR count). The zero-order chi connectivity index (χ0) is 15.0. The Morgan fingerprint density at radius 2 is 2.00 bits per heavy atom. The van der Waals surface area contributed by atoms with E-state index in [-0.39, 0.29) is 18.7 Å². The van der Waals surface area contributed by atoms with Gasteiger partial charge in [0.1, 0.15) is 0 Å². The summed E-state index contributed by atoms with van der Waals surface area (Å²) in [5.74, 6) is -1.30. The van der Waals surface area contributed by atoms with Gasteiger partial charge in [0.2, 0.25) is 5.91 Å². The Bertz CT molecular complexity index is 479. The highest BCUT2D eigenvalue weighted by Gasteiger charge is 2.05. The second-order valence-electron chi connectivity index (χ2n) is 4.03. The summed E-state index contributed by atoms with van der Waals surface area (Å²) in [6.07, 6.45) is -0.203. The van der Waals surface area contributed by atoms with Gasteiger partial charge in [0, 0.05) is 23.0 Å². The van der Waals surface area contributed by atoms with Crippen molar-refractivity contribution in [1.29, 1.82) is 0 Å². The first-order valence-corrected chi connectivity index (χ1v) is 6.75. The molecule has 0 spiro atoms. The van der Waals surface area contributed by atoms with Crippen LogP contribution in [0.25, 0.3) is 0 Å². The molecule has 110 valence electrons. The normalized spacial score (nSPS) is 10.3. The summed E-state index contributed by atoms with van der Waals surface area (Å²) >= 11 is 11.7. The van der Waals surface area contributed by atoms with E-state index in [4.69, 9.17) is 33.0 Å². The van der Waals surface area contributed by atoms with Gasteiger partial charge in [0.15, 0.2) is 0 Å². The van der Waals surface area contributed by atoms with E-state index in [2.05, 4.69) is 5.32 Å². The molecule has 0 radical (unpaired) electrons. The lowest BCUT2D eigenvalue weighted by Crippen LogP contribution is -2.27. The van der Waals surface area contributed by atoms with Crippen LogP contribution in [0.5, 0.6) is 0 Å². The summed E-state index contributed by atoms with van der Waals surface area (Å²) in [4.78, 5) is 21.5. The van der Waals surface area contributed by atoms with Crippen LogP contribution in [0, 0.1) is 0 Å². The maximum atomic E-state index is 11.2. The highest BCUT2D eigenvalue weighted by molar-refractivity contribution is 6.35. The molecule has 0 unspecified atom stereocenters. The van der Waals surface area contributed by atoms with Gasteiger partial charge in [-0.3, -0.25) is 9.59 Å². The second-order valence-corrected chi connectivity index (χ2v) is 4.88. The quantitative estimate of drug-likeness (QED) is 0.722. The fraction of sp³-hybridized carbons (Fsp3) is 0.385. The lowest BCUT2D eigenvalue weighted by molar-refractivity contribution is -0.138. The van der Waals surface area contributed by atoms with Crippen LogP contribution in [0.2, 0.25) is 10.0 Å². The van der Waals surface area contributed by atoms with E-state index in [1.165, 1.54) is 0 Å². The largest absolute Gasteiger partial charge is 0.481 e. The number of halogens is 2. The highest BCUT2D eigenvalue weighted by atomic mass is 35.5. The van der Waals surface area contributed by atoms with Gasteiger partial charge < -0.3 is 15.2 Å². The Kier molecular flexibility index (Phi) is 7.36. The third-order valence-corrected chi connectivity index (χ3v) is 2.99. The standard InChI is InChI=1S/C13H15Cl2NO4/c14-10-2-1-9(11(15)7-10)8-20-6-5-16-12(17)3-4-13(18)19/h1-2,7H,3-6,8H2,(H,16,17)(H,18,19). The van der Waals surface area contributed by atoms with Crippen LogP contribution in [0.4, 0.5) is 0 Å². The number of ether oxygens (including phenoxy) is 1. The molecule has 0 heterocycles. The number of nitrogens with one attached hydrogen (secondary N) is 1. The summed E-state index contributed by atoms with van der Waals surface area (Å²) in [6, 6.07) is 5.13. The summed E-state index contributed by atoms with van der Waals surface area (Å²) in [5.41, 5.74) is 0.813. The number of carboxylic acid groups (broad SMARTS) is 1. The topological polar surface area (TPSA) is 75.6 Å². The third-order valence-electron chi connectivity index (χ3n) is 2.41. The van der Waals surface area contributed by atoms with E-state index >= 15 is 0 Å². The molecule has 2 N–H and O–H groups in total. The summed E-state index contributed by atoms with van der Waals surface area (Å²) in [7, 11) is 0. The number of carbonyl (C=O) groups is 2. The van der Waals surface area contributed by atoms with Crippen LogP contribution in [0.15, 0.2) is 18.2 Å². The number of hydrogen-bond acceptors (Lipinski definition) is 3. The van der Waals surface area contributed by atoms with Gasteiger partial charge in [-0.05, 0) is 17.7 Å². The molecule has 1 aromatic carbocycles. The van der Waals surface area contributed by atoms with Crippen molar-refractivity contribution in [2.45, 2.75) is 19.4 Å². The Labute approximate surface area is 126 Å². The van der Waals surface area contributed by atoms with Crippen LogP contribution in [-0.4, -0.2) is 30.1 Å². The van der Waals surface area contributed by atoms with Gasteiger partial charge in [0.25, 0.3) is 0 Å². The predicted octanol–water partition coefficient (Wildman–Crippen LogP) is 2.49. The lowest BCUT2D eigenvalue weighted by Gasteiger charge is -2.07. The average molecular weight is 320 g/mol. The van der Waals surface area contributed by atoms with Crippen LogP contribution >= 0.6 is 23.2 Å². The lowest BCUT2D eigenvalue weighted by atomic mass is 10.2. The summed E-state index contributed by atoms with van der Waals surface area (Å²) in [6.45, 7) is 0.961. The molecule has 0 bridgehead atoms. The first-order valence-electron chi connectivity index (χ1n) is 5.99. The molecular formula is C13H15Cl2NO4. The van der Waals surface area contributed by atoms with E-state index < -0.39 is 5.97 Å². The first-order chi connectivity index (χ1) is 9.49. The fourth-order valence-corrected chi connectivity index (χ4v) is 1.86. The molecule has 7 heteroatoms. The van der Waals surface area contributed by atoms with Crippen molar-refractivity contribution in [1.82, 2.24) is 5.32 Å². The van der Waals surface area contributed by atoms with Crippen LogP contribution < -0.4 is 5.32 Å². The Hall–Kier alpha value is -1.30. The maximum Gasteiger partial charge on any atom is 0.303 e. The van der Waals surface area contributed by atoms with Gasteiger partial charge in [-0.15, -0.1) is 0 Å². The molecule has 5 nitrogen and oxygen atoms in total. The van der Waals surface area contributed by atoms with Crippen molar-refractivity contribution in [2.24, 2.45) is 0 Å². The second kappa shape index (κ2) is 8.79. The molecule has 0 aliphatic rings. The van der Waals surface area contributed by atoms with E-state index in [0.717, 1.165) is 5.56 Å². The van der Waals surface area contributed by atoms with Crippen LogP contribution in [0.3, 0.4) is 0 Å². The Morgan fingerprint density at radius 3 is 2.65 bits per heavy atom. The maximum absolute atomic E-state index is 11.2. The summed E-state index contributed by atoms with van der Waals surface area (Å²) < 4.78 is 5.36. The van der Waals surface area contributed by atoms with E-state index in [1.54, 1.807) is 18.2 Å². The van der Waals surface area contributed by atoms with E-state index in [0.29, 0.717) is 29.8 Å². The fourth-order valence-electron chi connectivity index (χ4n) is 1.39. The molecule has 20 heavy (non-hydrogen) atoms. The van der Waals surface area contributed by atoms with Gasteiger partial charge in [0.05, 0.1) is 19.6 Å². The minimum atomic E-state index is -0.992. The van der Waals surface area contributed by atoms with Crippen molar-refractivity contribution in [2.75, 3.05) is 13.2 Å². The molecule has 1 aromatic rings. The number of hydrogen-bond donors (Lipinski definition) is 2. The van der Waals surface area contributed by atoms with Crippen molar-refractivity contribution in [3.05, 3.63) is 33.8 Å². The molecule has 0 aliphatic heterocycles. The molecule has 0 saturated heterocycles. The monoisotopic (exact) mass is 319 g/mol. The van der Waals surface area contributed by atoms with E-state index in [1.807, 2.05) is 0 Å². The SMILES string of the molecule is O=C(O)CCC(=O)NCCOCc1ccc(Cl)cc1Cl. The van der Waals surface area contributed by atoms with Crippen LogP contribution in [0.1, 0.15) is 18.4 Å². The number of rotatable bonds is 8. The van der Waals surface area contributed by atoms with Crippen LogP contribution in [-0.2, 0) is 20.9 Å². The minimum absolute atomic E-state index is 0.0294. The molecule has 0 saturated carbocycles. The Morgan fingerprint density at radius 1 is 1.25 bits per heavy atom. The molecule has 0 atom stereocenters. The zero-order valence-corrected chi connectivity index (χ0v) is 12.2. The van der Waals surface area contributed by atoms with Gasteiger partial charge in [-0.1, -0.05) is 29.3 Å². The average Bonchev–Trinajstić information content (AvgIpc) is 2.38. The number of benzene rings is 1. The number of carbonyl (C=O) groups excluding carboxylic acids is 1. The number of amides is 1. The van der Waals surface area contributed by atoms with Gasteiger partial charge in [-0.25, -0.2) is 0 Å². The van der Waals surface area contributed by atoms with Gasteiger partial charge >= 0.3 is 5.97 Å².